The Labute approximate surface area is 158 Å². The van der Waals surface area contributed by atoms with Crippen molar-refractivity contribution in [2.45, 2.75) is 20.3 Å². The van der Waals surface area contributed by atoms with Crippen LogP contribution in [0.4, 0.5) is 11.4 Å². The molecule has 1 heterocycles. The van der Waals surface area contributed by atoms with Crippen LogP contribution >= 0.6 is 0 Å². The lowest BCUT2D eigenvalue weighted by Crippen LogP contribution is -2.19. The quantitative estimate of drug-likeness (QED) is 0.707. The second-order valence-corrected chi connectivity index (χ2v) is 6.20. The zero-order valence-electron chi connectivity index (χ0n) is 15.3. The number of para-hydroxylation sites is 1. The zero-order valence-corrected chi connectivity index (χ0v) is 15.3. The van der Waals surface area contributed by atoms with E-state index in [-0.39, 0.29) is 23.2 Å². The Bertz CT molecular complexity index is 983. The van der Waals surface area contributed by atoms with Gasteiger partial charge in [0.1, 0.15) is 11.4 Å². The molecule has 1 aromatic heterocycles. The van der Waals surface area contributed by atoms with Gasteiger partial charge in [-0.1, -0.05) is 43.3 Å². The molecule has 0 aliphatic heterocycles. The van der Waals surface area contributed by atoms with Crippen LogP contribution in [-0.4, -0.2) is 16.8 Å². The predicted molar refractivity (Wildman–Crippen MR) is 107 cm³/mol. The molecular weight excluding hydrogens is 338 g/mol. The van der Waals surface area contributed by atoms with E-state index in [1.807, 2.05) is 62.4 Å². The molecule has 0 radical (unpaired) electrons. The fourth-order valence-electron chi connectivity index (χ4n) is 2.74. The summed E-state index contributed by atoms with van der Waals surface area (Å²) in [7, 11) is 0. The number of aromatic nitrogens is 1. The minimum absolute atomic E-state index is 0.188. The van der Waals surface area contributed by atoms with Crippen molar-refractivity contribution in [1.29, 1.82) is 0 Å². The van der Waals surface area contributed by atoms with Crippen molar-refractivity contribution in [3.63, 3.8) is 0 Å². The number of hydrogen-bond donors (Lipinski definition) is 2. The van der Waals surface area contributed by atoms with Crippen molar-refractivity contribution in [1.82, 2.24) is 4.98 Å². The van der Waals surface area contributed by atoms with Crippen molar-refractivity contribution in [3.8, 4) is 0 Å². The van der Waals surface area contributed by atoms with Gasteiger partial charge in [-0.15, -0.1) is 0 Å². The Morgan fingerprint density at radius 2 is 1.52 bits per heavy atom. The van der Waals surface area contributed by atoms with Gasteiger partial charge in [-0.25, -0.2) is 4.98 Å². The molecule has 0 saturated carbocycles. The Balaban J connectivity index is 1.76. The number of amides is 2. The Morgan fingerprint density at radius 1 is 0.852 bits per heavy atom. The largest absolute Gasteiger partial charge is 0.321 e. The fourth-order valence-corrected chi connectivity index (χ4v) is 2.74. The van der Waals surface area contributed by atoms with Gasteiger partial charge < -0.3 is 10.6 Å². The van der Waals surface area contributed by atoms with Gasteiger partial charge in [0.05, 0.1) is 0 Å². The molecule has 0 unspecified atom stereocenters. The van der Waals surface area contributed by atoms with E-state index in [1.54, 1.807) is 18.2 Å². The molecular formula is C22H21N3O2. The first kappa shape index (κ1) is 18.3. The van der Waals surface area contributed by atoms with Crippen molar-refractivity contribution in [3.05, 3.63) is 89.2 Å². The number of rotatable bonds is 5. The molecule has 5 heteroatoms. The molecule has 0 aliphatic carbocycles. The van der Waals surface area contributed by atoms with Gasteiger partial charge in [0.15, 0.2) is 0 Å². The zero-order chi connectivity index (χ0) is 19.2. The third-order valence-electron chi connectivity index (χ3n) is 4.14. The van der Waals surface area contributed by atoms with Gasteiger partial charge in [-0.05, 0) is 54.8 Å². The van der Waals surface area contributed by atoms with Crippen molar-refractivity contribution in [2.24, 2.45) is 0 Å². The second kappa shape index (κ2) is 8.27. The molecule has 5 nitrogen and oxygen atoms in total. The molecule has 0 saturated heterocycles. The summed E-state index contributed by atoms with van der Waals surface area (Å²) in [6, 6.07) is 19.9. The third kappa shape index (κ3) is 4.58. The Kier molecular flexibility index (Phi) is 5.61. The molecule has 0 aliphatic rings. The summed E-state index contributed by atoms with van der Waals surface area (Å²) in [6.45, 7) is 3.98. The summed E-state index contributed by atoms with van der Waals surface area (Å²) in [5, 5.41) is 5.67. The number of anilines is 2. The van der Waals surface area contributed by atoms with Crippen molar-refractivity contribution < 1.29 is 9.59 Å². The van der Waals surface area contributed by atoms with E-state index in [4.69, 9.17) is 0 Å². The number of pyridine rings is 1. The highest BCUT2D eigenvalue weighted by atomic mass is 16.2. The normalized spacial score (nSPS) is 10.3. The molecule has 0 bridgehead atoms. The fraction of sp³-hybridized carbons (Fsp3) is 0.136. The lowest BCUT2D eigenvalue weighted by atomic mass is 10.1. The average Bonchev–Trinajstić information content (AvgIpc) is 2.68. The molecule has 136 valence electrons. The molecule has 0 fully saturated rings. The summed E-state index contributed by atoms with van der Waals surface area (Å²) in [4.78, 5) is 29.2. The van der Waals surface area contributed by atoms with E-state index >= 15 is 0 Å². The first-order chi connectivity index (χ1) is 13.1. The molecule has 2 N–H and O–H groups in total. The topological polar surface area (TPSA) is 71.1 Å². The van der Waals surface area contributed by atoms with Crippen LogP contribution in [-0.2, 0) is 6.42 Å². The number of hydrogen-bond acceptors (Lipinski definition) is 3. The summed E-state index contributed by atoms with van der Waals surface area (Å²) in [6.07, 6.45) is 0.808. The molecule has 3 aromatic rings. The van der Waals surface area contributed by atoms with E-state index in [9.17, 15) is 9.59 Å². The Hall–Kier alpha value is -3.47. The maximum Gasteiger partial charge on any atom is 0.274 e. The van der Waals surface area contributed by atoms with Crippen LogP contribution in [0.5, 0.6) is 0 Å². The van der Waals surface area contributed by atoms with Gasteiger partial charge >= 0.3 is 0 Å². The molecule has 0 spiro atoms. The van der Waals surface area contributed by atoms with E-state index in [1.165, 1.54) is 0 Å². The van der Waals surface area contributed by atoms with Crippen LogP contribution in [0.3, 0.4) is 0 Å². The van der Waals surface area contributed by atoms with Crippen LogP contribution in [0.25, 0.3) is 0 Å². The highest BCUT2D eigenvalue weighted by Gasteiger charge is 2.14. The van der Waals surface area contributed by atoms with Crippen LogP contribution in [0.1, 0.15) is 39.0 Å². The monoisotopic (exact) mass is 359 g/mol. The summed E-state index contributed by atoms with van der Waals surface area (Å²) in [5.74, 6) is -0.703. The van der Waals surface area contributed by atoms with Gasteiger partial charge in [0, 0.05) is 11.4 Å². The molecule has 0 atom stereocenters. The predicted octanol–water partition coefficient (Wildman–Crippen LogP) is 4.46. The van der Waals surface area contributed by atoms with Gasteiger partial charge in [-0.2, -0.15) is 0 Å². The van der Waals surface area contributed by atoms with E-state index in [0.29, 0.717) is 5.69 Å². The molecule has 27 heavy (non-hydrogen) atoms. The molecule has 2 amide bonds. The molecule has 2 aromatic carbocycles. The SMILES string of the molecule is CCc1ccccc1NC(=O)c1cccc(C(=O)Nc2cccc(C)c2)n1. The molecule has 3 rings (SSSR count). The van der Waals surface area contributed by atoms with E-state index in [0.717, 1.165) is 23.2 Å². The number of aryl methyl sites for hydroxylation is 2. The number of carbonyl (C=O) groups excluding carboxylic acids is 2. The first-order valence-electron chi connectivity index (χ1n) is 8.81. The number of nitrogens with one attached hydrogen (secondary N) is 2. The standard InChI is InChI=1S/C22H21N3O2/c1-3-16-9-4-5-11-18(16)25-22(27)20-13-7-12-19(24-20)21(26)23-17-10-6-8-15(2)14-17/h4-14H,3H2,1-2H3,(H,23,26)(H,25,27). The van der Waals surface area contributed by atoms with Crippen LogP contribution < -0.4 is 10.6 Å². The number of benzene rings is 2. The maximum atomic E-state index is 12.6. The summed E-state index contributed by atoms with van der Waals surface area (Å²) >= 11 is 0. The lowest BCUT2D eigenvalue weighted by Gasteiger charge is -2.10. The number of nitrogens with zero attached hydrogens (tertiary/aromatic N) is 1. The van der Waals surface area contributed by atoms with E-state index in [2.05, 4.69) is 15.6 Å². The van der Waals surface area contributed by atoms with E-state index < -0.39 is 0 Å². The van der Waals surface area contributed by atoms with Crippen molar-refractivity contribution >= 4 is 23.2 Å². The summed E-state index contributed by atoms with van der Waals surface area (Å²) < 4.78 is 0. The van der Waals surface area contributed by atoms with Gasteiger partial charge in [0.2, 0.25) is 0 Å². The lowest BCUT2D eigenvalue weighted by molar-refractivity contribution is 0.101. The van der Waals surface area contributed by atoms with Crippen LogP contribution in [0.2, 0.25) is 0 Å². The third-order valence-corrected chi connectivity index (χ3v) is 4.14. The van der Waals surface area contributed by atoms with Gasteiger partial charge in [-0.3, -0.25) is 9.59 Å². The van der Waals surface area contributed by atoms with Gasteiger partial charge in [0.25, 0.3) is 11.8 Å². The maximum absolute atomic E-state index is 12.6. The van der Waals surface area contributed by atoms with Crippen LogP contribution in [0, 0.1) is 6.92 Å². The average molecular weight is 359 g/mol. The first-order valence-corrected chi connectivity index (χ1v) is 8.81. The Morgan fingerprint density at radius 3 is 2.22 bits per heavy atom. The second-order valence-electron chi connectivity index (χ2n) is 6.20. The van der Waals surface area contributed by atoms with Crippen LogP contribution in [0.15, 0.2) is 66.7 Å². The number of carbonyl (C=O) groups is 2. The highest BCUT2D eigenvalue weighted by Crippen LogP contribution is 2.17. The smallest absolute Gasteiger partial charge is 0.274 e. The minimum Gasteiger partial charge on any atom is -0.321 e. The minimum atomic E-state index is -0.357. The summed E-state index contributed by atoms with van der Waals surface area (Å²) in [5.41, 5.74) is 3.91. The highest BCUT2D eigenvalue weighted by molar-refractivity contribution is 6.06. The van der Waals surface area contributed by atoms with Crippen molar-refractivity contribution in [2.75, 3.05) is 10.6 Å².